The maximum Gasteiger partial charge on any atom is 0.219 e. The summed E-state index contributed by atoms with van der Waals surface area (Å²) in [5.41, 5.74) is 0. The lowest BCUT2D eigenvalue weighted by Gasteiger charge is -2.32. The molecule has 1 fully saturated rings. The van der Waals surface area contributed by atoms with Crippen LogP contribution < -0.4 is 5.32 Å². The fourth-order valence-corrected chi connectivity index (χ4v) is 2.68. The van der Waals surface area contributed by atoms with Crippen LogP contribution in [-0.4, -0.2) is 46.3 Å². The molecule has 0 radical (unpaired) electrons. The zero-order chi connectivity index (χ0) is 14.4. The second-order valence-corrected chi connectivity index (χ2v) is 5.82. The summed E-state index contributed by atoms with van der Waals surface area (Å²) in [7, 11) is 0. The van der Waals surface area contributed by atoms with E-state index in [0.717, 1.165) is 45.4 Å². The number of piperidine rings is 1. The SMILES string of the molecule is CC(=O)N1CCC(CN[C@H](C)CCn2cccn2)CC1. The van der Waals surface area contributed by atoms with E-state index in [-0.39, 0.29) is 5.91 Å². The van der Waals surface area contributed by atoms with Crippen molar-refractivity contribution in [3.8, 4) is 0 Å². The average molecular weight is 278 g/mol. The van der Waals surface area contributed by atoms with Crippen LogP contribution in [0.5, 0.6) is 0 Å². The van der Waals surface area contributed by atoms with Crippen molar-refractivity contribution in [3.63, 3.8) is 0 Å². The van der Waals surface area contributed by atoms with E-state index in [1.165, 1.54) is 0 Å². The van der Waals surface area contributed by atoms with Crippen molar-refractivity contribution in [2.24, 2.45) is 5.92 Å². The van der Waals surface area contributed by atoms with E-state index in [2.05, 4.69) is 17.3 Å². The van der Waals surface area contributed by atoms with Crippen molar-refractivity contribution in [1.82, 2.24) is 20.0 Å². The summed E-state index contributed by atoms with van der Waals surface area (Å²) < 4.78 is 1.98. The lowest BCUT2D eigenvalue weighted by atomic mass is 9.96. The Morgan fingerprint density at radius 1 is 1.45 bits per heavy atom. The Balaban J connectivity index is 1.59. The summed E-state index contributed by atoms with van der Waals surface area (Å²) in [6.45, 7) is 7.76. The Labute approximate surface area is 121 Å². The van der Waals surface area contributed by atoms with Gasteiger partial charge in [-0.1, -0.05) is 0 Å². The van der Waals surface area contributed by atoms with Crippen LogP contribution in [0, 0.1) is 5.92 Å². The van der Waals surface area contributed by atoms with Crippen LogP contribution in [-0.2, 0) is 11.3 Å². The van der Waals surface area contributed by atoms with E-state index in [0.29, 0.717) is 12.0 Å². The summed E-state index contributed by atoms with van der Waals surface area (Å²) >= 11 is 0. The minimum atomic E-state index is 0.212. The number of carbonyl (C=O) groups is 1. The molecule has 0 saturated carbocycles. The van der Waals surface area contributed by atoms with Gasteiger partial charge in [-0.15, -0.1) is 0 Å². The molecule has 1 aliphatic rings. The van der Waals surface area contributed by atoms with Gasteiger partial charge in [-0.05, 0) is 44.7 Å². The first-order chi connectivity index (χ1) is 9.65. The molecule has 0 aromatic carbocycles. The number of aromatic nitrogens is 2. The number of aryl methyl sites for hydroxylation is 1. The van der Waals surface area contributed by atoms with Crippen LogP contribution in [0.25, 0.3) is 0 Å². The summed E-state index contributed by atoms with van der Waals surface area (Å²) in [5, 5.41) is 7.83. The lowest BCUT2D eigenvalue weighted by molar-refractivity contribution is -0.130. The number of rotatable bonds is 6. The van der Waals surface area contributed by atoms with E-state index in [4.69, 9.17) is 0 Å². The van der Waals surface area contributed by atoms with E-state index < -0.39 is 0 Å². The number of hydrogen-bond donors (Lipinski definition) is 1. The van der Waals surface area contributed by atoms with Gasteiger partial charge in [0.25, 0.3) is 0 Å². The van der Waals surface area contributed by atoms with E-state index in [9.17, 15) is 4.79 Å². The van der Waals surface area contributed by atoms with Crippen LogP contribution in [0.2, 0.25) is 0 Å². The molecule has 112 valence electrons. The Hall–Kier alpha value is -1.36. The highest BCUT2D eigenvalue weighted by Crippen LogP contribution is 2.16. The third-order valence-corrected chi connectivity index (χ3v) is 4.17. The second kappa shape index (κ2) is 7.43. The molecule has 1 N–H and O–H groups in total. The zero-order valence-electron chi connectivity index (χ0n) is 12.6. The highest BCUT2D eigenvalue weighted by Gasteiger charge is 2.20. The molecule has 0 aliphatic carbocycles. The summed E-state index contributed by atoms with van der Waals surface area (Å²) in [5.74, 6) is 0.918. The van der Waals surface area contributed by atoms with Crippen molar-refractivity contribution in [2.75, 3.05) is 19.6 Å². The van der Waals surface area contributed by atoms with Crippen molar-refractivity contribution >= 4 is 5.91 Å². The van der Waals surface area contributed by atoms with Crippen molar-refractivity contribution in [1.29, 1.82) is 0 Å². The third kappa shape index (κ3) is 4.63. The van der Waals surface area contributed by atoms with Gasteiger partial charge < -0.3 is 10.2 Å². The van der Waals surface area contributed by atoms with Gasteiger partial charge in [0.2, 0.25) is 5.91 Å². The molecular weight excluding hydrogens is 252 g/mol. The Bertz CT molecular complexity index is 396. The number of hydrogen-bond acceptors (Lipinski definition) is 3. The van der Waals surface area contributed by atoms with Crippen LogP contribution in [0.3, 0.4) is 0 Å². The fourth-order valence-electron chi connectivity index (χ4n) is 2.68. The molecular formula is C15H26N4O. The van der Waals surface area contributed by atoms with Crippen LogP contribution in [0.4, 0.5) is 0 Å². The molecule has 5 nitrogen and oxygen atoms in total. The molecule has 1 aliphatic heterocycles. The predicted molar refractivity (Wildman–Crippen MR) is 79.3 cm³/mol. The first-order valence-electron chi connectivity index (χ1n) is 7.61. The van der Waals surface area contributed by atoms with E-state index >= 15 is 0 Å². The first kappa shape index (κ1) is 15.0. The first-order valence-corrected chi connectivity index (χ1v) is 7.61. The van der Waals surface area contributed by atoms with Gasteiger partial charge >= 0.3 is 0 Å². The van der Waals surface area contributed by atoms with Crippen molar-refractivity contribution in [2.45, 2.75) is 45.7 Å². The maximum atomic E-state index is 11.3. The Morgan fingerprint density at radius 3 is 2.80 bits per heavy atom. The van der Waals surface area contributed by atoms with Gasteiger partial charge in [-0.3, -0.25) is 9.48 Å². The summed E-state index contributed by atoms with van der Waals surface area (Å²) in [4.78, 5) is 13.2. The van der Waals surface area contributed by atoms with Gasteiger partial charge in [0.05, 0.1) is 0 Å². The van der Waals surface area contributed by atoms with E-state index in [1.54, 1.807) is 6.92 Å². The van der Waals surface area contributed by atoms with Crippen molar-refractivity contribution < 1.29 is 4.79 Å². The average Bonchev–Trinajstić information content (AvgIpc) is 2.96. The smallest absolute Gasteiger partial charge is 0.219 e. The highest BCUT2D eigenvalue weighted by atomic mass is 16.2. The van der Waals surface area contributed by atoms with Crippen molar-refractivity contribution in [3.05, 3.63) is 18.5 Å². The van der Waals surface area contributed by atoms with E-state index in [1.807, 2.05) is 28.0 Å². The van der Waals surface area contributed by atoms with Gasteiger partial charge in [0.15, 0.2) is 0 Å². The number of nitrogens with one attached hydrogen (secondary N) is 1. The third-order valence-electron chi connectivity index (χ3n) is 4.17. The van der Waals surface area contributed by atoms with Gasteiger partial charge in [-0.25, -0.2) is 0 Å². The minimum Gasteiger partial charge on any atom is -0.343 e. The largest absolute Gasteiger partial charge is 0.343 e. The highest BCUT2D eigenvalue weighted by molar-refractivity contribution is 5.73. The Morgan fingerprint density at radius 2 is 2.20 bits per heavy atom. The van der Waals surface area contributed by atoms with Crippen LogP contribution in [0.15, 0.2) is 18.5 Å². The monoisotopic (exact) mass is 278 g/mol. The van der Waals surface area contributed by atoms with Gasteiger partial charge in [-0.2, -0.15) is 5.10 Å². The van der Waals surface area contributed by atoms with Gasteiger partial charge in [0, 0.05) is 45.0 Å². The molecule has 1 amide bonds. The number of carbonyl (C=O) groups excluding carboxylic acids is 1. The molecule has 0 unspecified atom stereocenters. The maximum absolute atomic E-state index is 11.3. The summed E-state index contributed by atoms with van der Waals surface area (Å²) in [6, 6.07) is 2.46. The molecule has 5 heteroatoms. The number of nitrogens with zero attached hydrogens (tertiary/aromatic N) is 3. The number of amides is 1. The molecule has 0 spiro atoms. The van der Waals surface area contributed by atoms with Crippen LogP contribution in [0.1, 0.15) is 33.1 Å². The molecule has 1 aromatic rings. The lowest BCUT2D eigenvalue weighted by Crippen LogP contribution is -2.41. The molecule has 20 heavy (non-hydrogen) atoms. The quantitative estimate of drug-likeness (QED) is 0.858. The predicted octanol–water partition coefficient (Wildman–Crippen LogP) is 1.51. The minimum absolute atomic E-state index is 0.212. The Kier molecular flexibility index (Phi) is 5.59. The zero-order valence-corrected chi connectivity index (χ0v) is 12.6. The number of likely N-dealkylation sites (tertiary alicyclic amines) is 1. The molecule has 0 bridgehead atoms. The molecule has 2 rings (SSSR count). The van der Waals surface area contributed by atoms with Crippen LogP contribution >= 0.6 is 0 Å². The topological polar surface area (TPSA) is 50.2 Å². The second-order valence-electron chi connectivity index (χ2n) is 5.82. The van der Waals surface area contributed by atoms with Gasteiger partial charge in [0.1, 0.15) is 0 Å². The normalized spacial score (nSPS) is 18.2. The standard InChI is InChI=1S/C15H26N4O/c1-13(4-11-19-8-3-7-17-19)16-12-15-5-9-18(10-6-15)14(2)20/h3,7-8,13,15-16H,4-6,9-12H2,1-2H3/t13-/m1/s1. The molecule has 2 heterocycles. The molecule has 1 saturated heterocycles. The molecule has 1 aromatic heterocycles. The molecule has 1 atom stereocenters. The summed E-state index contributed by atoms with van der Waals surface area (Å²) in [6.07, 6.45) is 7.16. The fraction of sp³-hybridized carbons (Fsp3) is 0.733.